The van der Waals surface area contributed by atoms with Crippen LogP contribution >= 0.6 is 35.6 Å². The van der Waals surface area contributed by atoms with Crippen LogP contribution in [0.3, 0.4) is 0 Å². The van der Waals surface area contributed by atoms with E-state index < -0.39 is 15.8 Å². The minimum Gasteiger partial charge on any atom is -0.314 e. The summed E-state index contributed by atoms with van der Waals surface area (Å²) >= 11 is 11.9. The van der Waals surface area contributed by atoms with E-state index in [-0.39, 0.29) is 27.3 Å². The second kappa shape index (κ2) is 8.06. The van der Waals surface area contributed by atoms with E-state index in [2.05, 4.69) is 5.32 Å². The topological polar surface area (TPSA) is 49.4 Å². The highest BCUT2D eigenvalue weighted by Crippen LogP contribution is 2.35. The molecule has 1 aromatic rings. The van der Waals surface area contributed by atoms with Crippen LogP contribution in [0.2, 0.25) is 10.0 Å². The van der Waals surface area contributed by atoms with Crippen molar-refractivity contribution < 1.29 is 12.8 Å². The Hall–Kier alpha value is -0.110. The maximum atomic E-state index is 13.3. The van der Waals surface area contributed by atoms with Gasteiger partial charge in [-0.15, -0.1) is 12.4 Å². The molecule has 0 spiro atoms. The Morgan fingerprint density at radius 2 is 1.71 bits per heavy atom. The first-order valence-electron chi connectivity index (χ1n) is 7.77. The highest BCUT2D eigenvalue weighted by molar-refractivity contribution is 7.89. The van der Waals surface area contributed by atoms with E-state index in [1.54, 1.807) is 0 Å². The van der Waals surface area contributed by atoms with Gasteiger partial charge in [0.25, 0.3) is 0 Å². The maximum Gasteiger partial charge on any atom is 0.246 e. The van der Waals surface area contributed by atoms with Gasteiger partial charge in [-0.3, -0.25) is 0 Å². The zero-order chi connectivity index (χ0) is 16.6. The van der Waals surface area contributed by atoms with E-state index in [4.69, 9.17) is 23.2 Å². The summed E-state index contributed by atoms with van der Waals surface area (Å²) in [5, 5.41) is 3.14. The summed E-state index contributed by atoms with van der Waals surface area (Å²) in [5.74, 6) is -0.145. The van der Waals surface area contributed by atoms with E-state index in [9.17, 15) is 12.8 Å². The highest BCUT2D eigenvalue weighted by atomic mass is 35.5. The van der Waals surface area contributed by atoms with Crippen LogP contribution in [-0.2, 0) is 10.0 Å². The van der Waals surface area contributed by atoms with Gasteiger partial charge in [0.05, 0.1) is 10.0 Å². The molecule has 9 heteroatoms. The molecule has 136 valence electrons. The fourth-order valence-electron chi connectivity index (χ4n) is 3.54. The molecule has 1 N–H and O–H groups in total. The van der Waals surface area contributed by atoms with Gasteiger partial charge in [0.15, 0.2) is 0 Å². The average Bonchev–Trinajstić information content (AvgIpc) is 3.00. The number of nitrogens with one attached hydrogen (secondary N) is 1. The number of piperidine rings is 1. The summed E-state index contributed by atoms with van der Waals surface area (Å²) in [6.07, 6.45) is 3.97. The van der Waals surface area contributed by atoms with Crippen LogP contribution < -0.4 is 5.32 Å². The van der Waals surface area contributed by atoms with Gasteiger partial charge in [0.2, 0.25) is 10.0 Å². The number of hydrogen-bond donors (Lipinski definition) is 1. The molecule has 0 radical (unpaired) electrons. The third kappa shape index (κ3) is 4.00. The first kappa shape index (κ1) is 20.2. The molecule has 1 aromatic carbocycles. The van der Waals surface area contributed by atoms with Crippen LogP contribution in [0, 0.1) is 11.7 Å². The molecule has 2 aliphatic rings. The smallest absolute Gasteiger partial charge is 0.246 e. The van der Waals surface area contributed by atoms with Crippen LogP contribution in [0.5, 0.6) is 0 Å². The Morgan fingerprint density at radius 1 is 1.12 bits per heavy atom. The Bertz CT molecular complexity index is 665. The van der Waals surface area contributed by atoms with Gasteiger partial charge >= 0.3 is 0 Å². The molecule has 0 saturated carbocycles. The molecule has 1 atom stereocenters. The van der Waals surface area contributed by atoms with Crippen LogP contribution in [0.1, 0.15) is 25.7 Å². The summed E-state index contributed by atoms with van der Waals surface area (Å²) in [4.78, 5) is -0.195. The average molecular weight is 418 g/mol. The van der Waals surface area contributed by atoms with E-state index in [0.29, 0.717) is 25.0 Å². The summed E-state index contributed by atoms with van der Waals surface area (Å²) < 4.78 is 40.3. The van der Waals surface area contributed by atoms with Crippen LogP contribution in [0.4, 0.5) is 4.39 Å². The number of sulfonamides is 1. The van der Waals surface area contributed by atoms with E-state index in [0.717, 1.165) is 37.9 Å². The fraction of sp³-hybridized carbons (Fsp3) is 0.600. The molecule has 1 unspecified atom stereocenters. The lowest BCUT2D eigenvalue weighted by molar-refractivity contribution is 0.234. The first-order valence-corrected chi connectivity index (χ1v) is 9.97. The largest absolute Gasteiger partial charge is 0.314 e. The molecule has 4 nitrogen and oxygen atoms in total. The van der Waals surface area contributed by atoms with E-state index >= 15 is 0 Å². The van der Waals surface area contributed by atoms with Crippen molar-refractivity contribution in [1.82, 2.24) is 9.62 Å². The van der Waals surface area contributed by atoms with Gasteiger partial charge in [0, 0.05) is 19.1 Å². The second-order valence-corrected chi connectivity index (χ2v) is 8.83. The zero-order valence-corrected chi connectivity index (χ0v) is 16.1. The Balaban J connectivity index is 0.00000208. The van der Waals surface area contributed by atoms with Crippen molar-refractivity contribution in [2.75, 3.05) is 19.6 Å². The van der Waals surface area contributed by atoms with E-state index in [1.165, 1.54) is 10.7 Å². The predicted molar refractivity (Wildman–Crippen MR) is 96.2 cm³/mol. The molecule has 0 amide bonds. The third-order valence-corrected chi connectivity index (χ3v) is 7.55. The van der Waals surface area contributed by atoms with E-state index in [1.807, 2.05) is 0 Å². The quantitative estimate of drug-likeness (QED) is 0.815. The number of rotatable bonds is 3. The normalized spacial score (nSPS) is 23.2. The molecule has 2 saturated heterocycles. The van der Waals surface area contributed by atoms with Gasteiger partial charge in [-0.05, 0) is 50.3 Å². The van der Waals surface area contributed by atoms with Crippen LogP contribution in [-0.4, -0.2) is 38.4 Å². The molecule has 0 bridgehead atoms. The lowest BCUT2D eigenvalue weighted by atomic mass is 9.89. The molecular weight excluding hydrogens is 398 g/mol. The first-order chi connectivity index (χ1) is 10.9. The van der Waals surface area contributed by atoms with Gasteiger partial charge in [-0.2, -0.15) is 4.31 Å². The molecule has 0 aliphatic carbocycles. The summed E-state index contributed by atoms with van der Waals surface area (Å²) in [7, 11) is -3.80. The second-order valence-electron chi connectivity index (χ2n) is 6.14. The summed E-state index contributed by atoms with van der Waals surface area (Å²) in [6.45, 7) is 1.93. The van der Waals surface area contributed by atoms with Gasteiger partial charge in [0.1, 0.15) is 10.7 Å². The van der Waals surface area contributed by atoms with Crippen molar-refractivity contribution in [3.05, 3.63) is 28.0 Å². The standard InChI is InChI=1S/C15H19Cl2FN2O2S.ClH/c16-12-8-11(18)9-13(17)15(12)23(21,22)20-6-3-10(4-7-20)14-2-1-5-19-14;/h8-10,14,19H,1-7H2;1H. The van der Waals surface area contributed by atoms with Crippen molar-refractivity contribution in [1.29, 1.82) is 0 Å². The molecular formula is C15H20Cl3FN2O2S. The maximum absolute atomic E-state index is 13.3. The SMILES string of the molecule is Cl.O=S(=O)(c1c(Cl)cc(F)cc1Cl)N1CCC(C2CCCN2)CC1. The molecule has 2 heterocycles. The number of benzene rings is 1. The molecule has 2 aliphatic heterocycles. The summed E-state index contributed by atoms with van der Waals surface area (Å²) in [6, 6.07) is 2.46. The number of halogens is 4. The molecule has 24 heavy (non-hydrogen) atoms. The molecule has 3 rings (SSSR count). The van der Waals surface area contributed by atoms with Crippen molar-refractivity contribution >= 4 is 45.6 Å². The number of nitrogens with zero attached hydrogens (tertiary/aromatic N) is 1. The molecule has 0 aromatic heterocycles. The van der Waals surface area contributed by atoms with Crippen LogP contribution in [0.15, 0.2) is 17.0 Å². The van der Waals surface area contributed by atoms with Gasteiger partial charge < -0.3 is 5.32 Å². The third-order valence-electron chi connectivity index (χ3n) is 4.73. The monoisotopic (exact) mass is 416 g/mol. The Labute approximate surface area is 158 Å². The van der Waals surface area contributed by atoms with Crippen molar-refractivity contribution in [3.8, 4) is 0 Å². The lowest BCUT2D eigenvalue weighted by Gasteiger charge is -2.34. The zero-order valence-electron chi connectivity index (χ0n) is 13.0. The number of hydrogen-bond acceptors (Lipinski definition) is 3. The van der Waals surface area contributed by atoms with Gasteiger partial charge in [-0.25, -0.2) is 12.8 Å². The Kier molecular flexibility index (Phi) is 6.79. The van der Waals surface area contributed by atoms with Gasteiger partial charge in [-0.1, -0.05) is 23.2 Å². The van der Waals surface area contributed by atoms with Crippen LogP contribution in [0.25, 0.3) is 0 Å². The minimum absolute atomic E-state index is 0. The Morgan fingerprint density at radius 3 is 2.21 bits per heavy atom. The molecule has 2 fully saturated rings. The van der Waals surface area contributed by atoms with Crippen molar-refractivity contribution in [2.24, 2.45) is 5.92 Å². The highest BCUT2D eigenvalue weighted by Gasteiger charge is 2.35. The lowest BCUT2D eigenvalue weighted by Crippen LogP contribution is -2.43. The fourth-order valence-corrected chi connectivity index (χ4v) is 6.14. The minimum atomic E-state index is -3.80. The predicted octanol–water partition coefficient (Wildman–Crippen LogP) is 3.71. The van der Waals surface area contributed by atoms with Crippen molar-refractivity contribution in [2.45, 2.75) is 36.6 Å². The van der Waals surface area contributed by atoms with Crippen molar-refractivity contribution in [3.63, 3.8) is 0 Å². The summed E-state index contributed by atoms with van der Waals surface area (Å²) in [5.41, 5.74) is 0.